The highest BCUT2D eigenvalue weighted by Gasteiger charge is 2.44. The van der Waals surface area contributed by atoms with Crippen molar-refractivity contribution >= 4 is 5.97 Å². The smallest absolute Gasteiger partial charge is 0.307 e. The van der Waals surface area contributed by atoms with Crippen LogP contribution in [-0.2, 0) is 4.79 Å². The van der Waals surface area contributed by atoms with E-state index >= 15 is 0 Å². The highest BCUT2D eigenvalue weighted by molar-refractivity contribution is 5.75. The number of phenols is 1. The predicted octanol–water partition coefficient (Wildman–Crippen LogP) is 1.58. The molecule has 0 unspecified atom stereocenters. The summed E-state index contributed by atoms with van der Waals surface area (Å²) >= 11 is 0. The third-order valence-corrected chi connectivity index (χ3v) is 2.41. The summed E-state index contributed by atoms with van der Waals surface area (Å²) in [6.07, 6.45) is 0.693. The van der Waals surface area contributed by atoms with E-state index in [9.17, 15) is 4.79 Å². The van der Waals surface area contributed by atoms with Crippen molar-refractivity contribution in [2.75, 3.05) is 0 Å². The van der Waals surface area contributed by atoms with Crippen LogP contribution in [0.1, 0.15) is 17.9 Å². The van der Waals surface area contributed by atoms with E-state index in [2.05, 4.69) is 0 Å². The Morgan fingerprint density at radius 1 is 1.46 bits per heavy atom. The standard InChI is InChI=1S/C10H10O3/c11-7-3-1-2-6(4-7)8-5-9(8)10(12)13/h1-4,8-9,11H,5H2,(H,12,13)/t8-,9+/m0/s1. The maximum Gasteiger partial charge on any atom is 0.307 e. The average molecular weight is 178 g/mol. The van der Waals surface area contributed by atoms with Gasteiger partial charge in [-0.3, -0.25) is 4.79 Å². The lowest BCUT2D eigenvalue weighted by atomic mass is 10.1. The van der Waals surface area contributed by atoms with Crippen molar-refractivity contribution in [2.45, 2.75) is 12.3 Å². The number of aliphatic carboxylic acids is 1. The van der Waals surface area contributed by atoms with Crippen LogP contribution in [0.4, 0.5) is 0 Å². The Balaban J connectivity index is 2.16. The summed E-state index contributed by atoms with van der Waals surface area (Å²) in [4.78, 5) is 10.6. The summed E-state index contributed by atoms with van der Waals surface area (Å²) in [6.45, 7) is 0. The summed E-state index contributed by atoms with van der Waals surface area (Å²) in [5.41, 5.74) is 0.924. The number of carboxylic acids is 1. The molecule has 2 atom stereocenters. The summed E-state index contributed by atoms with van der Waals surface area (Å²) in [7, 11) is 0. The van der Waals surface area contributed by atoms with Gasteiger partial charge in [0, 0.05) is 0 Å². The number of carboxylic acid groups (broad SMARTS) is 1. The van der Waals surface area contributed by atoms with Crippen LogP contribution in [0.5, 0.6) is 5.75 Å². The first-order valence-corrected chi connectivity index (χ1v) is 4.20. The fourth-order valence-corrected chi connectivity index (χ4v) is 1.59. The molecule has 68 valence electrons. The summed E-state index contributed by atoms with van der Waals surface area (Å²) in [5, 5.41) is 17.9. The van der Waals surface area contributed by atoms with Gasteiger partial charge in [-0.2, -0.15) is 0 Å². The van der Waals surface area contributed by atoms with Crippen molar-refractivity contribution in [3.63, 3.8) is 0 Å². The highest BCUT2D eigenvalue weighted by Crippen LogP contribution is 2.47. The van der Waals surface area contributed by atoms with E-state index in [-0.39, 0.29) is 17.6 Å². The molecule has 1 aliphatic rings. The van der Waals surface area contributed by atoms with Crippen LogP contribution in [0.15, 0.2) is 24.3 Å². The van der Waals surface area contributed by atoms with E-state index in [1.807, 2.05) is 6.07 Å². The summed E-state index contributed by atoms with van der Waals surface area (Å²) in [5.74, 6) is -0.687. The van der Waals surface area contributed by atoms with Crippen LogP contribution in [0.3, 0.4) is 0 Å². The average Bonchev–Trinajstić information content (AvgIpc) is 2.82. The maximum atomic E-state index is 10.6. The SMILES string of the molecule is O=C(O)[C@@H]1C[C@H]1c1cccc(O)c1. The molecule has 2 rings (SSSR count). The largest absolute Gasteiger partial charge is 0.508 e. The van der Waals surface area contributed by atoms with Crippen LogP contribution in [0.2, 0.25) is 0 Å². The number of phenolic OH excluding ortho intramolecular Hbond substituents is 1. The molecule has 3 nitrogen and oxygen atoms in total. The Morgan fingerprint density at radius 3 is 2.77 bits per heavy atom. The van der Waals surface area contributed by atoms with Gasteiger partial charge in [-0.25, -0.2) is 0 Å². The quantitative estimate of drug-likeness (QED) is 0.722. The molecule has 3 heteroatoms. The molecule has 1 aromatic carbocycles. The zero-order chi connectivity index (χ0) is 9.42. The van der Waals surface area contributed by atoms with E-state index < -0.39 is 5.97 Å². The number of benzene rings is 1. The first-order valence-electron chi connectivity index (χ1n) is 4.20. The number of rotatable bonds is 2. The Labute approximate surface area is 75.6 Å². The van der Waals surface area contributed by atoms with Gasteiger partial charge in [0.05, 0.1) is 5.92 Å². The minimum absolute atomic E-state index is 0.101. The third-order valence-electron chi connectivity index (χ3n) is 2.41. The third kappa shape index (κ3) is 1.49. The van der Waals surface area contributed by atoms with Crippen molar-refractivity contribution in [1.82, 2.24) is 0 Å². The van der Waals surface area contributed by atoms with Crippen LogP contribution < -0.4 is 0 Å². The minimum Gasteiger partial charge on any atom is -0.508 e. The van der Waals surface area contributed by atoms with Gasteiger partial charge in [0.1, 0.15) is 5.75 Å². The fourth-order valence-electron chi connectivity index (χ4n) is 1.59. The molecule has 0 heterocycles. The molecule has 0 spiro atoms. The Bertz CT molecular complexity index is 346. The first-order chi connectivity index (χ1) is 6.18. The van der Waals surface area contributed by atoms with Gasteiger partial charge in [-0.15, -0.1) is 0 Å². The zero-order valence-electron chi connectivity index (χ0n) is 6.97. The number of carbonyl (C=O) groups is 1. The van der Waals surface area contributed by atoms with Gasteiger partial charge in [0.15, 0.2) is 0 Å². The van der Waals surface area contributed by atoms with Crippen molar-refractivity contribution in [3.8, 4) is 5.75 Å². The molecule has 1 aromatic rings. The van der Waals surface area contributed by atoms with Gasteiger partial charge >= 0.3 is 5.97 Å². The lowest BCUT2D eigenvalue weighted by molar-refractivity contribution is -0.138. The second kappa shape index (κ2) is 2.76. The van der Waals surface area contributed by atoms with Crippen molar-refractivity contribution in [2.24, 2.45) is 5.92 Å². The van der Waals surface area contributed by atoms with Gasteiger partial charge in [-0.1, -0.05) is 12.1 Å². The monoisotopic (exact) mass is 178 g/mol. The summed E-state index contributed by atoms with van der Waals surface area (Å²) < 4.78 is 0. The molecule has 0 aromatic heterocycles. The molecule has 0 radical (unpaired) electrons. The Morgan fingerprint density at radius 2 is 2.23 bits per heavy atom. The Hall–Kier alpha value is -1.51. The second-order valence-corrected chi connectivity index (χ2v) is 3.38. The van der Waals surface area contributed by atoms with Gasteiger partial charge in [0.25, 0.3) is 0 Å². The number of aromatic hydroxyl groups is 1. The lowest BCUT2D eigenvalue weighted by Crippen LogP contribution is -1.98. The maximum absolute atomic E-state index is 10.6. The topological polar surface area (TPSA) is 57.5 Å². The molecular formula is C10H10O3. The number of hydrogen-bond acceptors (Lipinski definition) is 2. The van der Waals surface area contributed by atoms with E-state index in [1.165, 1.54) is 0 Å². The van der Waals surface area contributed by atoms with E-state index in [0.717, 1.165) is 5.56 Å². The van der Waals surface area contributed by atoms with Crippen LogP contribution in [0.25, 0.3) is 0 Å². The normalized spacial score (nSPS) is 25.5. The molecule has 1 aliphatic carbocycles. The second-order valence-electron chi connectivity index (χ2n) is 3.38. The van der Waals surface area contributed by atoms with Crippen LogP contribution >= 0.6 is 0 Å². The first kappa shape index (κ1) is 8.10. The molecule has 1 saturated carbocycles. The molecule has 1 fully saturated rings. The van der Waals surface area contributed by atoms with Crippen molar-refractivity contribution in [3.05, 3.63) is 29.8 Å². The molecular weight excluding hydrogens is 168 g/mol. The van der Waals surface area contributed by atoms with E-state index in [1.54, 1.807) is 18.2 Å². The molecule has 2 N–H and O–H groups in total. The minimum atomic E-state index is -0.742. The van der Waals surface area contributed by atoms with Crippen LogP contribution in [-0.4, -0.2) is 16.2 Å². The van der Waals surface area contributed by atoms with Crippen molar-refractivity contribution < 1.29 is 15.0 Å². The molecule has 0 amide bonds. The molecule has 0 aliphatic heterocycles. The molecule has 0 bridgehead atoms. The zero-order valence-corrected chi connectivity index (χ0v) is 6.97. The van der Waals surface area contributed by atoms with E-state index in [0.29, 0.717) is 6.42 Å². The van der Waals surface area contributed by atoms with Crippen LogP contribution in [0, 0.1) is 5.92 Å². The van der Waals surface area contributed by atoms with Gasteiger partial charge in [-0.05, 0) is 30.0 Å². The molecule has 0 saturated heterocycles. The molecule has 13 heavy (non-hydrogen) atoms. The lowest BCUT2D eigenvalue weighted by Gasteiger charge is -1.98. The Kier molecular flexibility index (Phi) is 1.72. The fraction of sp³-hybridized carbons (Fsp3) is 0.300. The summed E-state index contributed by atoms with van der Waals surface area (Å²) in [6, 6.07) is 6.81. The number of hydrogen-bond donors (Lipinski definition) is 2. The predicted molar refractivity (Wildman–Crippen MR) is 46.6 cm³/mol. The van der Waals surface area contributed by atoms with E-state index in [4.69, 9.17) is 10.2 Å². The van der Waals surface area contributed by atoms with Gasteiger partial charge in [0.2, 0.25) is 0 Å². The highest BCUT2D eigenvalue weighted by atomic mass is 16.4. The van der Waals surface area contributed by atoms with Gasteiger partial charge < -0.3 is 10.2 Å². The van der Waals surface area contributed by atoms with Crippen molar-refractivity contribution in [1.29, 1.82) is 0 Å².